The van der Waals surface area contributed by atoms with Crippen LogP contribution in [0.1, 0.15) is 16.5 Å². The minimum atomic E-state index is -0.168. The molecule has 1 amide bonds. The van der Waals surface area contributed by atoms with Crippen LogP contribution < -0.4 is 15.0 Å². The number of anilines is 2. The molecule has 0 spiro atoms. The largest absolute Gasteiger partial charge is 0.489 e. The van der Waals surface area contributed by atoms with Crippen molar-refractivity contribution in [3.05, 3.63) is 82.6 Å². The van der Waals surface area contributed by atoms with Crippen LogP contribution in [0.2, 0.25) is 0 Å². The van der Waals surface area contributed by atoms with E-state index in [1.807, 2.05) is 59.5 Å². The monoisotopic (exact) mass is 494 g/mol. The molecule has 6 nitrogen and oxygen atoms in total. The Morgan fingerprint density at radius 1 is 1.09 bits per heavy atom. The molecule has 3 heterocycles. The number of thioether (sulfide) groups is 1. The number of nitrogens with one attached hydrogen (secondary N) is 1. The zero-order valence-corrected chi connectivity index (χ0v) is 20.2. The molecule has 1 atom stereocenters. The summed E-state index contributed by atoms with van der Waals surface area (Å²) in [6, 6.07) is 21.7. The second-order valence-corrected chi connectivity index (χ2v) is 10.6. The number of carbonyl (C=O) groups excluding carboxylic acids is 1. The molecule has 0 saturated heterocycles. The summed E-state index contributed by atoms with van der Waals surface area (Å²) >= 11 is 4.65. The Balaban J connectivity index is 1.25. The van der Waals surface area contributed by atoms with Crippen molar-refractivity contribution < 1.29 is 9.53 Å². The van der Waals surface area contributed by atoms with Gasteiger partial charge in [-0.2, -0.15) is 0 Å². The highest BCUT2D eigenvalue weighted by molar-refractivity contribution is 8.01. The number of hydrogen-bond donors (Lipinski definition) is 1. The first-order valence-electron chi connectivity index (χ1n) is 10.6. The van der Waals surface area contributed by atoms with E-state index in [1.54, 1.807) is 11.3 Å². The van der Waals surface area contributed by atoms with E-state index in [1.165, 1.54) is 28.0 Å². The Bertz CT molecular complexity index is 1200. The maximum Gasteiger partial charge on any atom is 0.238 e. The molecule has 2 aromatic heterocycles. The lowest BCUT2D eigenvalue weighted by molar-refractivity contribution is -0.117. The van der Waals surface area contributed by atoms with Gasteiger partial charge in [0, 0.05) is 11.4 Å². The number of para-hydroxylation sites is 2. The van der Waals surface area contributed by atoms with Crippen molar-refractivity contribution in [1.29, 1.82) is 0 Å². The predicted octanol–water partition coefficient (Wildman–Crippen LogP) is 5.51. The summed E-state index contributed by atoms with van der Waals surface area (Å²) in [6.07, 6.45) is 0.954. The summed E-state index contributed by atoms with van der Waals surface area (Å²) < 4.78 is 6.75. The third kappa shape index (κ3) is 5.21. The van der Waals surface area contributed by atoms with Crippen LogP contribution in [0.25, 0.3) is 0 Å². The lowest BCUT2D eigenvalue weighted by Crippen LogP contribution is -2.42. The van der Waals surface area contributed by atoms with Gasteiger partial charge in [0.1, 0.15) is 12.4 Å². The Labute approximate surface area is 204 Å². The number of aromatic nitrogens is 2. The molecule has 9 heteroatoms. The van der Waals surface area contributed by atoms with Gasteiger partial charge in [0.25, 0.3) is 0 Å². The van der Waals surface area contributed by atoms with Gasteiger partial charge in [-0.1, -0.05) is 71.6 Å². The Morgan fingerprint density at radius 2 is 1.94 bits per heavy atom. The molecule has 33 heavy (non-hydrogen) atoms. The molecule has 2 aromatic carbocycles. The van der Waals surface area contributed by atoms with E-state index in [4.69, 9.17) is 4.74 Å². The van der Waals surface area contributed by atoms with Crippen molar-refractivity contribution in [2.24, 2.45) is 0 Å². The normalized spacial score (nSPS) is 15.0. The molecule has 1 N–H and O–H groups in total. The Hall–Kier alpha value is -2.88. The summed E-state index contributed by atoms with van der Waals surface area (Å²) in [4.78, 5) is 16.6. The van der Waals surface area contributed by atoms with Gasteiger partial charge < -0.3 is 10.1 Å². The van der Waals surface area contributed by atoms with Crippen LogP contribution in [0.5, 0.6) is 5.75 Å². The van der Waals surface area contributed by atoms with Gasteiger partial charge in [0.05, 0.1) is 17.5 Å². The number of nitrogens with zero attached hydrogens (tertiary/aromatic N) is 3. The van der Waals surface area contributed by atoms with E-state index in [-0.39, 0.29) is 17.7 Å². The van der Waals surface area contributed by atoms with Crippen molar-refractivity contribution in [2.75, 3.05) is 29.1 Å². The number of fused-ring (bicyclic) bond motifs is 1. The number of ether oxygens (including phenoxy) is 1. The minimum absolute atomic E-state index is 0.0204. The van der Waals surface area contributed by atoms with Gasteiger partial charge in [0.15, 0.2) is 4.34 Å². The smallest absolute Gasteiger partial charge is 0.238 e. The van der Waals surface area contributed by atoms with E-state index < -0.39 is 0 Å². The fourth-order valence-electron chi connectivity index (χ4n) is 3.70. The first-order valence-corrected chi connectivity index (χ1v) is 13.3. The zero-order chi connectivity index (χ0) is 22.5. The molecule has 168 valence electrons. The Kier molecular flexibility index (Phi) is 6.89. The van der Waals surface area contributed by atoms with Gasteiger partial charge in [-0.15, -0.1) is 21.5 Å². The number of thiophene rings is 1. The lowest BCUT2D eigenvalue weighted by Gasteiger charge is -2.37. The number of rotatable bonds is 8. The van der Waals surface area contributed by atoms with E-state index >= 15 is 0 Å². The highest BCUT2D eigenvalue weighted by Crippen LogP contribution is 2.40. The van der Waals surface area contributed by atoms with Crippen LogP contribution in [0.3, 0.4) is 0 Å². The number of hydrogen-bond acceptors (Lipinski definition) is 8. The maximum atomic E-state index is 13.4. The molecule has 0 fully saturated rings. The first-order chi connectivity index (χ1) is 16.3. The van der Waals surface area contributed by atoms with Crippen LogP contribution in [0, 0.1) is 0 Å². The van der Waals surface area contributed by atoms with E-state index in [2.05, 4.69) is 33.0 Å². The molecule has 1 aliphatic rings. The van der Waals surface area contributed by atoms with E-state index in [0.29, 0.717) is 6.61 Å². The standard InChI is InChI=1S/C24H22N4O2S3/c29-22(16-32-24-27-26-23(33-24)25-13-12-18-9-6-14-31-18)28-19-10-4-5-11-21(19)30-15-20(28)17-7-2-1-3-8-17/h1-11,14,20H,12-13,15-16H2,(H,25,26). The number of carbonyl (C=O) groups is 1. The van der Waals surface area contributed by atoms with Crippen LogP contribution >= 0.6 is 34.4 Å². The quantitative estimate of drug-likeness (QED) is 0.326. The van der Waals surface area contributed by atoms with Crippen molar-refractivity contribution >= 4 is 51.2 Å². The average Bonchev–Trinajstić information content (AvgIpc) is 3.55. The first kappa shape index (κ1) is 21.9. The zero-order valence-electron chi connectivity index (χ0n) is 17.7. The van der Waals surface area contributed by atoms with E-state index in [0.717, 1.165) is 39.4 Å². The van der Waals surface area contributed by atoms with Crippen LogP contribution in [0.15, 0.2) is 76.4 Å². The molecule has 4 aromatic rings. The fourth-order valence-corrected chi connectivity index (χ4v) is 6.04. The second-order valence-electron chi connectivity index (χ2n) is 7.39. The van der Waals surface area contributed by atoms with Crippen molar-refractivity contribution in [3.8, 4) is 5.75 Å². The van der Waals surface area contributed by atoms with E-state index in [9.17, 15) is 4.79 Å². The van der Waals surface area contributed by atoms with Crippen molar-refractivity contribution in [2.45, 2.75) is 16.8 Å². The molecular weight excluding hydrogens is 472 g/mol. The maximum absolute atomic E-state index is 13.4. The SMILES string of the molecule is O=C(CSc1nnc(NCCc2cccs2)s1)N1c2ccccc2OCC1c1ccccc1. The average molecular weight is 495 g/mol. The molecule has 1 aliphatic heterocycles. The molecule has 0 saturated carbocycles. The molecule has 0 bridgehead atoms. The van der Waals surface area contributed by atoms with Gasteiger partial charge in [0.2, 0.25) is 11.0 Å². The Morgan fingerprint density at radius 3 is 2.79 bits per heavy atom. The van der Waals surface area contributed by atoms with Crippen molar-refractivity contribution in [1.82, 2.24) is 10.2 Å². The molecule has 0 aliphatic carbocycles. The highest BCUT2D eigenvalue weighted by atomic mass is 32.2. The van der Waals surface area contributed by atoms with Gasteiger partial charge in [-0.3, -0.25) is 9.69 Å². The summed E-state index contributed by atoms with van der Waals surface area (Å²) in [6.45, 7) is 1.23. The fraction of sp³-hybridized carbons (Fsp3) is 0.208. The van der Waals surface area contributed by atoms with Crippen LogP contribution in [-0.2, 0) is 11.2 Å². The lowest BCUT2D eigenvalue weighted by atomic mass is 10.0. The summed E-state index contributed by atoms with van der Waals surface area (Å²) in [5, 5.41) is 14.7. The molecule has 1 unspecified atom stereocenters. The predicted molar refractivity (Wildman–Crippen MR) is 136 cm³/mol. The second kappa shape index (κ2) is 10.4. The molecular formula is C24H22N4O2S3. The topological polar surface area (TPSA) is 67.4 Å². The molecule has 5 rings (SSSR count). The van der Waals surface area contributed by atoms with Gasteiger partial charge in [-0.25, -0.2) is 0 Å². The summed E-state index contributed by atoms with van der Waals surface area (Å²) in [7, 11) is 0. The van der Waals surface area contributed by atoms with Gasteiger partial charge in [-0.05, 0) is 35.6 Å². The summed E-state index contributed by atoms with van der Waals surface area (Å²) in [5.41, 5.74) is 1.86. The third-order valence-corrected chi connectivity index (χ3v) is 8.17. The number of amides is 1. The molecule has 0 radical (unpaired) electrons. The van der Waals surface area contributed by atoms with Crippen molar-refractivity contribution in [3.63, 3.8) is 0 Å². The number of benzene rings is 2. The van der Waals surface area contributed by atoms with Crippen LogP contribution in [-0.4, -0.2) is 35.0 Å². The third-order valence-electron chi connectivity index (χ3n) is 5.24. The summed E-state index contributed by atoms with van der Waals surface area (Å²) in [5.74, 6) is 1.03. The highest BCUT2D eigenvalue weighted by Gasteiger charge is 2.33. The van der Waals surface area contributed by atoms with Gasteiger partial charge >= 0.3 is 0 Å². The van der Waals surface area contributed by atoms with Crippen LogP contribution in [0.4, 0.5) is 10.8 Å². The minimum Gasteiger partial charge on any atom is -0.489 e.